The van der Waals surface area contributed by atoms with Gasteiger partial charge in [-0.05, 0) is 12.8 Å². The molecule has 1 aromatic heterocycles. The highest BCUT2D eigenvalue weighted by Gasteiger charge is 2.18. The Morgan fingerprint density at radius 3 is 2.92 bits per heavy atom. The van der Waals surface area contributed by atoms with Gasteiger partial charge in [-0.3, -0.25) is 4.99 Å². The quantitative estimate of drug-likeness (QED) is 0.419. The van der Waals surface area contributed by atoms with Crippen molar-refractivity contribution in [3.05, 3.63) is 16.1 Å². The van der Waals surface area contributed by atoms with E-state index in [0.717, 1.165) is 62.5 Å². The molecule has 2 rings (SSSR count). The average molecular weight is 369 g/mol. The van der Waals surface area contributed by atoms with Crippen molar-refractivity contribution in [2.24, 2.45) is 10.9 Å². The maximum atomic E-state index is 5.71. The molecule has 1 fully saturated rings. The number of rotatable bonds is 8. The summed E-state index contributed by atoms with van der Waals surface area (Å²) in [5.41, 5.74) is 1.16. The Bertz CT molecular complexity index is 533. The van der Waals surface area contributed by atoms with Gasteiger partial charge in [0.15, 0.2) is 5.96 Å². The van der Waals surface area contributed by atoms with Crippen molar-refractivity contribution in [3.8, 4) is 0 Å². The smallest absolute Gasteiger partial charge is 0.191 e. The SMILES string of the molecule is CN=C(NCCCOCC1CCOC1)NCc1csc(C(C)(C)C)n1. The van der Waals surface area contributed by atoms with Crippen LogP contribution in [0.2, 0.25) is 0 Å². The third-order valence-corrected chi connectivity index (χ3v) is 5.31. The molecule has 25 heavy (non-hydrogen) atoms. The summed E-state index contributed by atoms with van der Waals surface area (Å²) in [6.45, 7) is 11.4. The first-order chi connectivity index (χ1) is 12.0. The molecule has 2 heterocycles. The van der Waals surface area contributed by atoms with Gasteiger partial charge in [-0.2, -0.15) is 0 Å². The summed E-state index contributed by atoms with van der Waals surface area (Å²) >= 11 is 1.72. The lowest BCUT2D eigenvalue weighted by atomic mass is 9.98. The number of nitrogens with zero attached hydrogens (tertiary/aromatic N) is 2. The van der Waals surface area contributed by atoms with Crippen LogP contribution in [0, 0.1) is 5.92 Å². The lowest BCUT2D eigenvalue weighted by Crippen LogP contribution is -2.37. The summed E-state index contributed by atoms with van der Waals surface area (Å²) in [5.74, 6) is 1.38. The lowest BCUT2D eigenvalue weighted by molar-refractivity contribution is 0.0888. The van der Waals surface area contributed by atoms with Crippen molar-refractivity contribution in [3.63, 3.8) is 0 Å². The first-order valence-corrected chi connectivity index (χ1v) is 9.92. The molecular formula is C18H32N4O2S. The van der Waals surface area contributed by atoms with Crippen molar-refractivity contribution in [1.29, 1.82) is 0 Å². The highest BCUT2D eigenvalue weighted by atomic mass is 32.1. The minimum absolute atomic E-state index is 0.105. The second-order valence-corrected chi connectivity index (χ2v) is 8.26. The average Bonchev–Trinajstić information content (AvgIpc) is 3.24. The standard InChI is InChI=1S/C18H32N4O2S/c1-18(2,3)16-22-15(13-25-16)10-21-17(19-4)20-7-5-8-23-11-14-6-9-24-12-14/h13-14H,5-12H2,1-4H3,(H2,19,20,21). The molecule has 1 aliphatic heterocycles. The van der Waals surface area contributed by atoms with Crippen LogP contribution < -0.4 is 10.6 Å². The monoisotopic (exact) mass is 368 g/mol. The maximum Gasteiger partial charge on any atom is 0.191 e. The molecule has 1 aliphatic rings. The fourth-order valence-corrected chi connectivity index (χ4v) is 3.38. The molecule has 7 heteroatoms. The van der Waals surface area contributed by atoms with E-state index in [1.54, 1.807) is 18.4 Å². The predicted molar refractivity (Wildman–Crippen MR) is 103 cm³/mol. The van der Waals surface area contributed by atoms with E-state index in [-0.39, 0.29) is 5.41 Å². The summed E-state index contributed by atoms with van der Waals surface area (Å²) in [6.07, 6.45) is 2.08. The zero-order chi connectivity index (χ0) is 18.1. The largest absolute Gasteiger partial charge is 0.381 e. The summed E-state index contributed by atoms with van der Waals surface area (Å²) in [5, 5.41) is 9.90. The number of hydrogen-bond donors (Lipinski definition) is 2. The van der Waals surface area contributed by atoms with Crippen molar-refractivity contribution in [2.45, 2.75) is 45.6 Å². The highest BCUT2D eigenvalue weighted by Crippen LogP contribution is 2.25. The van der Waals surface area contributed by atoms with E-state index in [0.29, 0.717) is 12.5 Å². The number of hydrogen-bond acceptors (Lipinski definition) is 5. The first-order valence-electron chi connectivity index (χ1n) is 9.04. The van der Waals surface area contributed by atoms with Crippen molar-refractivity contribution >= 4 is 17.3 Å². The van der Waals surface area contributed by atoms with Crippen molar-refractivity contribution in [1.82, 2.24) is 15.6 Å². The van der Waals surface area contributed by atoms with Crippen LogP contribution in [0.4, 0.5) is 0 Å². The number of ether oxygens (including phenoxy) is 2. The second-order valence-electron chi connectivity index (χ2n) is 7.40. The minimum Gasteiger partial charge on any atom is -0.381 e. The number of aliphatic imine (C=N–C) groups is 1. The Kier molecular flexibility index (Phi) is 8.12. The first kappa shape index (κ1) is 20.1. The molecule has 0 amide bonds. The number of guanidine groups is 1. The molecule has 1 atom stereocenters. The molecule has 6 nitrogen and oxygen atoms in total. The molecule has 0 aliphatic carbocycles. The summed E-state index contributed by atoms with van der Waals surface area (Å²) < 4.78 is 11.1. The molecular weight excluding hydrogens is 336 g/mol. The lowest BCUT2D eigenvalue weighted by Gasteiger charge is -2.14. The van der Waals surface area contributed by atoms with Gasteiger partial charge in [0.25, 0.3) is 0 Å². The van der Waals surface area contributed by atoms with E-state index in [4.69, 9.17) is 9.47 Å². The molecule has 1 aromatic rings. The molecule has 0 aromatic carbocycles. The van der Waals surface area contributed by atoms with Gasteiger partial charge in [0, 0.05) is 43.5 Å². The summed E-state index contributed by atoms with van der Waals surface area (Å²) in [7, 11) is 1.79. The summed E-state index contributed by atoms with van der Waals surface area (Å²) in [4.78, 5) is 8.94. The molecule has 142 valence electrons. The van der Waals surface area contributed by atoms with Gasteiger partial charge in [0.05, 0.1) is 30.5 Å². The number of nitrogens with one attached hydrogen (secondary N) is 2. The minimum atomic E-state index is 0.105. The van der Waals surface area contributed by atoms with E-state index >= 15 is 0 Å². The van der Waals surface area contributed by atoms with Gasteiger partial charge in [0.1, 0.15) is 0 Å². The van der Waals surface area contributed by atoms with Gasteiger partial charge in [-0.15, -0.1) is 11.3 Å². The summed E-state index contributed by atoms with van der Waals surface area (Å²) in [6, 6.07) is 0. The number of aromatic nitrogens is 1. The normalized spacial score (nSPS) is 18.6. The van der Waals surface area contributed by atoms with E-state index in [2.05, 4.69) is 46.8 Å². The van der Waals surface area contributed by atoms with Crippen LogP contribution in [0.25, 0.3) is 0 Å². The second kappa shape index (κ2) is 10.1. The molecule has 0 spiro atoms. The van der Waals surface area contributed by atoms with E-state index < -0.39 is 0 Å². The highest BCUT2D eigenvalue weighted by molar-refractivity contribution is 7.09. The fourth-order valence-electron chi connectivity index (χ4n) is 2.47. The Morgan fingerprint density at radius 1 is 1.44 bits per heavy atom. The third-order valence-electron chi connectivity index (χ3n) is 3.99. The predicted octanol–water partition coefficient (Wildman–Crippen LogP) is 2.55. The van der Waals surface area contributed by atoms with Crippen LogP contribution in [0.1, 0.15) is 44.3 Å². The fraction of sp³-hybridized carbons (Fsp3) is 0.778. The zero-order valence-electron chi connectivity index (χ0n) is 15.9. The maximum absolute atomic E-state index is 5.71. The Balaban J connectivity index is 1.58. The molecule has 1 unspecified atom stereocenters. The van der Waals surface area contributed by atoms with Crippen LogP contribution >= 0.6 is 11.3 Å². The van der Waals surface area contributed by atoms with Crippen LogP contribution in [0.3, 0.4) is 0 Å². The third kappa shape index (κ3) is 7.30. The molecule has 2 N–H and O–H groups in total. The van der Waals surface area contributed by atoms with Gasteiger partial charge < -0.3 is 20.1 Å². The van der Waals surface area contributed by atoms with Gasteiger partial charge in [-0.25, -0.2) is 4.98 Å². The Hall–Kier alpha value is -1.18. The van der Waals surface area contributed by atoms with Gasteiger partial charge >= 0.3 is 0 Å². The van der Waals surface area contributed by atoms with Crippen LogP contribution in [-0.2, 0) is 21.4 Å². The van der Waals surface area contributed by atoms with E-state index in [1.807, 2.05) is 0 Å². The Morgan fingerprint density at radius 2 is 2.28 bits per heavy atom. The molecule has 0 saturated carbocycles. The molecule has 0 bridgehead atoms. The Labute approximate surface area is 155 Å². The van der Waals surface area contributed by atoms with E-state index in [9.17, 15) is 0 Å². The van der Waals surface area contributed by atoms with Gasteiger partial charge in [-0.1, -0.05) is 20.8 Å². The molecule has 1 saturated heterocycles. The van der Waals surface area contributed by atoms with Crippen LogP contribution in [0.15, 0.2) is 10.4 Å². The van der Waals surface area contributed by atoms with Crippen molar-refractivity contribution in [2.75, 3.05) is 40.0 Å². The van der Waals surface area contributed by atoms with Gasteiger partial charge in [0.2, 0.25) is 0 Å². The van der Waals surface area contributed by atoms with Crippen molar-refractivity contribution < 1.29 is 9.47 Å². The number of thiazole rings is 1. The van der Waals surface area contributed by atoms with Crippen LogP contribution in [-0.4, -0.2) is 51.0 Å². The van der Waals surface area contributed by atoms with Crippen LogP contribution in [0.5, 0.6) is 0 Å². The molecule has 0 radical (unpaired) electrons. The zero-order valence-corrected chi connectivity index (χ0v) is 16.7. The van der Waals surface area contributed by atoms with E-state index in [1.165, 1.54) is 0 Å². The topological polar surface area (TPSA) is 67.8 Å².